The van der Waals surface area contributed by atoms with E-state index in [-0.39, 0.29) is 17.0 Å². The van der Waals surface area contributed by atoms with Crippen LogP contribution in [0.5, 0.6) is 11.5 Å². The lowest BCUT2D eigenvalue weighted by molar-refractivity contribution is 0.171. The third kappa shape index (κ3) is 2.74. The van der Waals surface area contributed by atoms with E-state index >= 15 is 0 Å². The van der Waals surface area contributed by atoms with Crippen molar-refractivity contribution in [1.29, 1.82) is 5.26 Å². The fraction of sp³-hybridized carbons (Fsp3) is 0.211. The van der Waals surface area contributed by atoms with Gasteiger partial charge in [-0.25, -0.2) is 4.98 Å². The van der Waals surface area contributed by atoms with Crippen molar-refractivity contribution in [2.45, 2.75) is 13.8 Å². The van der Waals surface area contributed by atoms with Gasteiger partial charge in [-0.15, -0.1) is 11.3 Å². The third-order valence-electron chi connectivity index (χ3n) is 4.29. The number of hydrogen-bond donors (Lipinski definition) is 1. The molecule has 0 saturated heterocycles. The van der Waals surface area contributed by atoms with Gasteiger partial charge in [0.1, 0.15) is 24.1 Å². The number of H-pyrrole nitrogens is 1. The predicted octanol–water partition coefficient (Wildman–Crippen LogP) is 3.44. The zero-order chi connectivity index (χ0) is 18.3. The molecule has 0 amide bonds. The molecule has 0 atom stereocenters. The van der Waals surface area contributed by atoms with Gasteiger partial charge in [0.25, 0.3) is 5.56 Å². The molecule has 4 rings (SSSR count). The lowest BCUT2D eigenvalue weighted by Crippen LogP contribution is -2.15. The van der Waals surface area contributed by atoms with Crippen molar-refractivity contribution in [2.75, 3.05) is 13.2 Å². The molecule has 3 heterocycles. The van der Waals surface area contributed by atoms with Gasteiger partial charge in [0.05, 0.1) is 11.0 Å². The molecule has 7 heteroatoms. The standard InChI is InChI=1S/C19H15N3O3S/c1-10-11(2)26-19-16(10)18(23)21-17(22-19)13(9-20)7-12-3-4-14-15(8-12)25-6-5-24-14/h3-4,7-8H,5-6H2,1-2H3,(H,21,22,23)/b13-7-. The molecular weight excluding hydrogens is 350 g/mol. The lowest BCUT2D eigenvalue weighted by Gasteiger charge is -2.18. The number of hydrogen-bond acceptors (Lipinski definition) is 6. The second-order valence-corrected chi connectivity index (χ2v) is 7.15. The summed E-state index contributed by atoms with van der Waals surface area (Å²) in [4.78, 5) is 21.3. The zero-order valence-electron chi connectivity index (χ0n) is 14.3. The van der Waals surface area contributed by atoms with Gasteiger partial charge in [-0.05, 0) is 43.2 Å². The van der Waals surface area contributed by atoms with E-state index in [0.29, 0.717) is 34.9 Å². The Morgan fingerprint density at radius 3 is 2.85 bits per heavy atom. The molecule has 0 spiro atoms. The molecule has 3 aromatic rings. The van der Waals surface area contributed by atoms with E-state index < -0.39 is 0 Å². The van der Waals surface area contributed by atoms with Crippen LogP contribution in [-0.4, -0.2) is 23.2 Å². The number of aryl methyl sites for hydroxylation is 2. The number of rotatable bonds is 2. The Bertz CT molecular complexity index is 1150. The molecule has 0 fully saturated rings. The Balaban J connectivity index is 1.80. The maximum absolute atomic E-state index is 12.4. The van der Waals surface area contributed by atoms with E-state index in [9.17, 15) is 10.1 Å². The average Bonchev–Trinajstić information content (AvgIpc) is 2.94. The lowest BCUT2D eigenvalue weighted by atomic mass is 10.1. The molecule has 1 aliphatic heterocycles. The van der Waals surface area contributed by atoms with Crippen LogP contribution in [0.2, 0.25) is 0 Å². The van der Waals surface area contributed by atoms with Crippen LogP contribution in [0.3, 0.4) is 0 Å². The highest BCUT2D eigenvalue weighted by molar-refractivity contribution is 7.18. The summed E-state index contributed by atoms with van der Waals surface area (Å²) in [5, 5.41) is 10.2. The fourth-order valence-corrected chi connectivity index (χ4v) is 3.88. The normalized spacial score (nSPS) is 13.7. The van der Waals surface area contributed by atoms with Gasteiger partial charge in [-0.3, -0.25) is 4.79 Å². The van der Waals surface area contributed by atoms with Gasteiger partial charge in [-0.2, -0.15) is 5.26 Å². The number of thiophene rings is 1. The van der Waals surface area contributed by atoms with E-state index in [1.54, 1.807) is 12.1 Å². The van der Waals surface area contributed by atoms with Crippen molar-refractivity contribution < 1.29 is 9.47 Å². The molecular formula is C19H15N3O3S. The molecule has 1 aliphatic rings. The van der Waals surface area contributed by atoms with Crippen LogP contribution in [0.25, 0.3) is 21.9 Å². The molecule has 0 unspecified atom stereocenters. The topological polar surface area (TPSA) is 88.0 Å². The molecule has 26 heavy (non-hydrogen) atoms. The first-order chi connectivity index (χ1) is 12.6. The van der Waals surface area contributed by atoms with Crippen molar-refractivity contribution in [2.24, 2.45) is 0 Å². The number of aromatic amines is 1. The first-order valence-electron chi connectivity index (χ1n) is 8.08. The first-order valence-corrected chi connectivity index (χ1v) is 8.90. The molecule has 0 bridgehead atoms. The largest absolute Gasteiger partial charge is 0.486 e. The van der Waals surface area contributed by atoms with E-state index in [1.807, 2.05) is 26.0 Å². The SMILES string of the molecule is Cc1sc2nc(/C(C#N)=C\c3ccc4c(c3)OCCO4)[nH]c(=O)c2c1C. The second kappa shape index (κ2) is 6.32. The van der Waals surface area contributed by atoms with Crippen LogP contribution in [-0.2, 0) is 0 Å². The summed E-state index contributed by atoms with van der Waals surface area (Å²) in [7, 11) is 0. The molecule has 0 aliphatic carbocycles. The van der Waals surface area contributed by atoms with Gasteiger partial charge < -0.3 is 14.5 Å². The number of allylic oxidation sites excluding steroid dienone is 1. The van der Waals surface area contributed by atoms with Crippen LogP contribution < -0.4 is 15.0 Å². The van der Waals surface area contributed by atoms with Gasteiger partial charge in [0.15, 0.2) is 17.3 Å². The number of nitrogens with one attached hydrogen (secondary N) is 1. The highest BCUT2D eigenvalue weighted by Gasteiger charge is 2.15. The Kier molecular flexibility index (Phi) is 3.98. The predicted molar refractivity (Wildman–Crippen MR) is 101 cm³/mol. The van der Waals surface area contributed by atoms with Crippen molar-refractivity contribution in [3.63, 3.8) is 0 Å². The Hall–Kier alpha value is -3.11. The van der Waals surface area contributed by atoms with Crippen LogP contribution in [0, 0.1) is 25.2 Å². The highest BCUT2D eigenvalue weighted by Crippen LogP contribution is 2.32. The van der Waals surface area contributed by atoms with Crippen molar-refractivity contribution in [1.82, 2.24) is 9.97 Å². The fourth-order valence-electron chi connectivity index (χ4n) is 2.85. The number of ether oxygens (including phenoxy) is 2. The summed E-state index contributed by atoms with van der Waals surface area (Å²) in [6.45, 7) is 4.88. The van der Waals surface area contributed by atoms with Crippen molar-refractivity contribution >= 4 is 33.2 Å². The number of fused-ring (bicyclic) bond motifs is 2. The Morgan fingerprint density at radius 1 is 1.31 bits per heavy atom. The van der Waals surface area contributed by atoms with Crippen LogP contribution in [0.4, 0.5) is 0 Å². The van der Waals surface area contributed by atoms with Crippen LogP contribution >= 0.6 is 11.3 Å². The van der Waals surface area contributed by atoms with E-state index in [2.05, 4.69) is 16.0 Å². The molecule has 1 N–H and O–H groups in total. The highest BCUT2D eigenvalue weighted by atomic mass is 32.1. The van der Waals surface area contributed by atoms with Crippen LogP contribution in [0.1, 0.15) is 21.8 Å². The average molecular weight is 365 g/mol. The number of nitrogens with zero attached hydrogens (tertiary/aromatic N) is 2. The van der Waals surface area contributed by atoms with Gasteiger partial charge in [-0.1, -0.05) is 6.07 Å². The zero-order valence-corrected chi connectivity index (χ0v) is 15.1. The quantitative estimate of drug-likeness (QED) is 0.703. The van der Waals surface area contributed by atoms with Crippen molar-refractivity contribution in [3.8, 4) is 17.6 Å². The van der Waals surface area contributed by atoms with E-state index in [1.165, 1.54) is 11.3 Å². The monoisotopic (exact) mass is 365 g/mol. The molecule has 0 radical (unpaired) electrons. The van der Waals surface area contributed by atoms with Gasteiger partial charge in [0, 0.05) is 4.88 Å². The Morgan fingerprint density at radius 2 is 2.08 bits per heavy atom. The number of benzene rings is 1. The van der Waals surface area contributed by atoms with Crippen molar-refractivity contribution in [3.05, 3.63) is 50.4 Å². The minimum absolute atomic E-state index is 0.227. The number of nitriles is 1. The summed E-state index contributed by atoms with van der Waals surface area (Å²) < 4.78 is 11.1. The smallest absolute Gasteiger partial charge is 0.260 e. The maximum Gasteiger partial charge on any atom is 0.260 e. The summed E-state index contributed by atoms with van der Waals surface area (Å²) in [5.74, 6) is 1.59. The Labute approximate surface area is 153 Å². The molecule has 130 valence electrons. The first kappa shape index (κ1) is 16.4. The summed E-state index contributed by atoms with van der Waals surface area (Å²) in [5.41, 5.74) is 1.76. The summed E-state index contributed by atoms with van der Waals surface area (Å²) in [6.07, 6.45) is 1.68. The number of aromatic nitrogens is 2. The second-order valence-electron chi connectivity index (χ2n) is 5.95. The maximum atomic E-state index is 12.4. The van der Waals surface area contributed by atoms with E-state index in [4.69, 9.17) is 9.47 Å². The minimum atomic E-state index is -0.227. The molecule has 0 saturated carbocycles. The summed E-state index contributed by atoms with van der Waals surface area (Å²) in [6, 6.07) is 7.57. The van der Waals surface area contributed by atoms with Gasteiger partial charge in [0.2, 0.25) is 0 Å². The molecule has 6 nitrogen and oxygen atoms in total. The van der Waals surface area contributed by atoms with Crippen LogP contribution in [0.15, 0.2) is 23.0 Å². The molecule has 2 aromatic heterocycles. The van der Waals surface area contributed by atoms with E-state index in [0.717, 1.165) is 16.0 Å². The van der Waals surface area contributed by atoms with Gasteiger partial charge >= 0.3 is 0 Å². The summed E-state index contributed by atoms with van der Waals surface area (Å²) >= 11 is 1.46. The minimum Gasteiger partial charge on any atom is -0.486 e. The third-order valence-corrected chi connectivity index (χ3v) is 5.39. The molecule has 1 aromatic carbocycles.